The third-order valence-electron chi connectivity index (χ3n) is 5.20. The van der Waals surface area contributed by atoms with Crippen molar-refractivity contribution in [1.29, 1.82) is 0 Å². The standard InChI is InChI=1S/C26H20ClN3O6/c1-15-5-6-17(13-22(15)27)28-23(32)14-36-20-4-2-3-16(11-20)12-21-24(33)29-26(35)30(25(21)34)18-7-9-19(31)10-8-18/h2-13,31H,14H2,1H3,(H,28,32)(H,29,33,35)/b21-12-. The number of hydrogen-bond acceptors (Lipinski definition) is 6. The van der Waals surface area contributed by atoms with Crippen molar-refractivity contribution in [2.24, 2.45) is 0 Å². The molecule has 0 spiro atoms. The first-order chi connectivity index (χ1) is 17.2. The largest absolute Gasteiger partial charge is 0.508 e. The molecule has 0 saturated carbocycles. The second kappa shape index (κ2) is 10.3. The Labute approximate surface area is 210 Å². The third-order valence-corrected chi connectivity index (χ3v) is 5.61. The van der Waals surface area contributed by atoms with Crippen molar-refractivity contribution in [3.05, 3.63) is 88.5 Å². The second-order valence-corrected chi connectivity index (χ2v) is 8.25. The van der Waals surface area contributed by atoms with Gasteiger partial charge in [-0.1, -0.05) is 29.8 Å². The highest BCUT2D eigenvalue weighted by Crippen LogP contribution is 2.25. The van der Waals surface area contributed by atoms with Crippen molar-refractivity contribution in [1.82, 2.24) is 5.32 Å². The van der Waals surface area contributed by atoms with E-state index in [4.69, 9.17) is 16.3 Å². The molecule has 1 fully saturated rings. The van der Waals surface area contributed by atoms with Crippen molar-refractivity contribution >= 4 is 52.8 Å². The van der Waals surface area contributed by atoms with Gasteiger partial charge in [-0.2, -0.15) is 0 Å². The lowest BCUT2D eigenvalue weighted by atomic mass is 10.1. The summed E-state index contributed by atoms with van der Waals surface area (Å²) in [6.07, 6.45) is 1.32. The van der Waals surface area contributed by atoms with Crippen molar-refractivity contribution in [3.8, 4) is 11.5 Å². The van der Waals surface area contributed by atoms with Gasteiger partial charge in [-0.15, -0.1) is 0 Å². The average molecular weight is 506 g/mol. The Morgan fingerprint density at radius 1 is 1.08 bits per heavy atom. The zero-order chi connectivity index (χ0) is 25.8. The Morgan fingerprint density at radius 2 is 1.83 bits per heavy atom. The molecule has 3 aromatic rings. The number of phenols is 1. The monoisotopic (exact) mass is 505 g/mol. The van der Waals surface area contributed by atoms with E-state index in [1.807, 2.05) is 6.92 Å². The average Bonchev–Trinajstić information content (AvgIpc) is 2.84. The van der Waals surface area contributed by atoms with Gasteiger partial charge in [-0.3, -0.25) is 19.7 Å². The van der Waals surface area contributed by atoms with E-state index in [2.05, 4.69) is 10.6 Å². The molecule has 1 aliphatic rings. The number of barbiturate groups is 1. The summed E-state index contributed by atoms with van der Waals surface area (Å²) in [6, 6.07) is 16.1. The normalized spacial score (nSPS) is 14.6. The summed E-state index contributed by atoms with van der Waals surface area (Å²) in [7, 11) is 0. The minimum absolute atomic E-state index is 0.0383. The highest BCUT2D eigenvalue weighted by molar-refractivity contribution is 6.39. The maximum Gasteiger partial charge on any atom is 0.335 e. The van der Waals surface area contributed by atoms with Crippen LogP contribution in [0.15, 0.2) is 72.3 Å². The molecule has 36 heavy (non-hydrogen) atoms. The fourth-order valence-corrected chi connectivity index (χ4v) is 3.55. The van der Waals surface area contributed by atoms with Gasteiger partial charge in [-0.05, 0) is 72.7 Å². The Hall–Kier alpha value is -4.63. The molecule has 1 aliphatic heterocycles. The lowest BCUT2D eigenvalue weighted by molar-refractivity contribution is -0.122. The number of rotatable bonds is 6. The highest BCUT2D eigenvalue weighted by atomic mass is 35.5. The predicted octanol–water partition coefficient (Wildman–Crippen LogP) is 4.04. The van der Waals surface area contributed by atoms with Crippen molar-refractivity contribution in [3.63, 3.8) is 0 Å². The van der Waals surface area contributed by atoms with E-state index in [1.165, 1.54) is 30.3 Å². The number of urea groups is 1. The van der Waals surface area contributed by atoms with Crippen LogP contribution in [0.1, 0.15) is 11.1 Å². The van der Waals surface area contributed by atoms with Gasteiger partial charge in [0.05, 0.1) is 5.69 Å². The number of nitrogens with zero attached hydrogens (tertiary/aromatic N) is 1. The van der Waals surface area contributed by atoms with Gasteiger partial charge < -0.3 is 15.2 Å². The molecule has 10 heteroatoms. The molecular weight excluding hydrogens is 486 g/mol. The maximum absolute atomic E-state index is 13.0. The first-order valence-corrected chi connectivity index (χ1v) is 11.1. The summed E-state index contributed by atoms with van der Waals surface area (Å²) in [4.78, 5) is 50.7. The van der Waals surface area contributed by atoms with Crippen LogP contribution in [0.5, 0.6) is 11.5 Å². The zero-order valence-electron chi connectivity index (χ0n) is 18.9. The SMILES string of the molecule is Cc1ccc(NC(=O)COc2cccc(/C=C3/C(=O)NC(=O)N(c4ccc(O)cc4)C3=O)c2)cc1Cl. The van der Waals surface area contributed by atoms with Gasteiger partial charge in [0.15, 0.2) is 6.61 Å². The topological polar surface area (TPSA) is 125 Å². The lowest BCUT2D eigenvalue weighted by Gasteiger charge is -2.26. The lowest BCUT2D eigenvalue weighted by Crippen LogP contribution is -2.54. The number of amides is 5. The van der Waals surface area contributed by atoms with Crippen LogP contribution in [0.3, 0.4) is 0 Å². The van der Waals surface area contributed by atoms with E-state index in [0.717, 1.165) is 10.5 Å². The van der Waals surface area contributed by atoms with Gasteiger partial charge in [0.25, 0.3) is 17.7 Å². The zero-order valence-corrected chi connectivity index (χ0v) is 19.7. The van der Waals surface area contributed by atoms with Crippen molar-refractivity contribution in [2.45, 2.75) is 6.92 Å². The smallest absolute Gasteiger partial charge is 0.335 e. The van der Waals surface area contributed by atoms with Crippen LogP contribution in [-0.4, -0.2) is 35.5 Å². The number of anilines is 2. The van der Waals surface area contributed by atoms with Crippen LogP contribution in [-0.2, 0) is 14.4 Å². The molecule has 9 nitrogen and oxygen atoms in total. The first kappa shape index (κ1) is 24.5. The number of benzene rings is 3. The summed E-state index contributed by atoms with van der Waals surface area (Å²) < 4.78 is 5.55. The minimum Gasteiger partial charge on any atom is -0.508 e. The summed E-state index contributed by atoms with van der Waals surface area (Å²) in [5.41, 5.74) is 1.78. The molecular formula is C26H20ClN3O6. The Kier molecular flexibility index (Phi) is 7.03. The van der Waals surface area contributed by atoms with Crippen molar-refractivity contribution in [2.75, 3.05) is 16.8 Å². The molecule has 0 aromatic heterocycles. The number of carbonyl (C=O) groups excluding carboxylic acids is 4. The van der Waals surface area contributed by atoms with Gasteiger partial charge in [0.2, 0.25) is 0 Å². The quantitative estimate of drug-likeness (QED) is 0.343. The Bertz CT molecular complexity index is 1400. The second-order valence-electron chi connectivity index (χ2n) is 7.85. The molecule has 1 heterocycles. The molecule has 0 unspecified atom stereocenters. The number of aryl methyl sites for hydroxylation is 1. The number of carbonyl (C=O) groups is 4. The van der Waals surface area contributed by atoms with Crippen LogP contribution < -0.4 is 20.3 Å². The summed E-state index contributed by atoms with van der Waals surface area (Å²) in [5.74, 6) is -1.77. The molecule has 5 amide bonds. The van der Waals surface area contributed by atoms with Crippen LogP contribution in [0, 0.1) is 6.92 Å². The van der Waals surface area contributed by atoms with Gasteiger partial charge in [-0.25, -0.2) is 9.69 Å². The number of phenolic OH excluding ortho intramolecular Hbond substituents is 1. The molecule has 182 valence electrons. The summed E-state index contributed by atoms with van der Waals surface area (Å²) >= 11 is 6.07. The number of nitrogens with one attached hydrogen (secondary N) is 2. The summed E-state index contributed by atoms with van der Waals surface area (Å²) in [5, 5.41) is 14.8. The van der Waals surface area contributed by atoms with Crippen LogP contribution in [0.4, 0.5) is 16.2 Å². The summed E-state index contributed by atoms with van der Waals surface area (Å²) in [6.45, 7) is 1.57. The van der Waals surface area contributed by atoms with Crippen LogP contribution >= 0.6 is 11.6 Å². The van der Waals surface area contributed by atoms with E-state index >= 15 is 0 Å². The number of imide groups is 2. The van der Waals surface area contributed by atoms with E-state index in [1.54, 1.807) is 42.5 Å². The maximum atomic E-state index is 13.0. The van der Waals surface area contributed by atoms with Gasteiger partial charge in [0, 0.05) is 10.7 Å². The van der Waals surface area contributed by atoms with E-state index in [9.17, 15) is 24.3 Å². The first-order valence-electron chi connectivity index (χ1n) is 10.7. The minimum atomic E-state index is -0.897. The Balaban J connectivity index is 1.47. The van der Waals surface area contributed by atoms with Crippen molar-refractivity contribution < 1.29 is 29.0 Å². The number of aromatic hydroxyl groups is 1. The molecule has 0 bridgehead atoms. The highest BCUT2D eigenvalue weighted by Gasteiger charge is 2.36. The van der Waals surface area contributed by atoms with E-state index < -0.39 is 23.8 Å². The van der Waals surface area contributed by atoms with E-state index in [-0.39, 0.29) is 23.6 Å². The molecule has 3 N–H and O–H groups in total. The number of hydrogen-bond donors (Lipinski definition) is 3. The van der Waals surface area contributed by atoms with E-state index in [0.29, 0.717) is 22.0 Å². The fourth-order valence-electron chi connectivity index (χ4n) is 3.37. The molecule has 0 aliphatic carbocycles. The molecule has 0 radical (unpaired) electrons. The van der Waals surface area contributed by atoms with Gasteiger partial charge in [0.1, 0.15) is 17.1 Å². The number of ether oxygens (including phenoxy) is 1. The fraction of sp³-hybridized carbons (Fsp3) is 0.0769. The third kappa shape index (κ3) is 5.53. The Morgan fingerprint density at radius 3 is 2.56 bits per heavy atom. The van der Waals surface area contributed by atoms with Crippen LogP contribution in [0.25, 0.3) is 6.08 Å². The molecule has 1 saturated heterocycles. The number of halogens is 1. The van der Waals surface area contributed by atoms with Crippen LogP contribution in [0.2, 0.25) is 5.02 Å². The molecule has 3 aromatic carbocycles. The molecule has 4 rings (SSSR count). The predicted molar refractivity (Wildman–Crippen MR) is 134 cm³/mol. The molecule has 0 atom stereocenters. The van der Waals surface area contributed by atoms with Gasteiger partial charge >= 0.3 is 6.03 Å².